The summed E-state index contributed by atoms with van der Waals surface area (Å²) in [6.45, 7) is 4.30. The number of nitrogens with one attached hydrogen (secondary N) is 1. The average Bonchev–Trinajstić information content (AvgIpc) is 2.63. The number of amides is 1. The Hall–Kier alpha value is -0.740. The molecule has 3 aliphatic heterocycles. The summed E-state index contributed by atoms with van der Waals surface area (Å²) in [5.41, 5.74) is 0. The highest BCUT2D eigenvalue weighted by atomic mass is 32.2. The van der Waals surface area contributed by atoms with Gasteiger partial charge in [0.25, 0.3) is 10.2 Å². The summed E-state index contributed by atoms with van der Waals surface area (Å²) in [4.78, 5) is 14.3. The van der Waals surface area contributed by atoms with Crippen LogP contribution in [0.15, 0.2) is 0 Å². The van der Waals surface area contributed by atoms with Gasteiger partial charge < -0.3 is 15.0 Å². The first-order chi connectivity index (χ1) is 11.1. The Balaban J connectivity index is 1.54. The molecule has 23 heavy (non-hydrogen) atoms. The van der Waals surface area contributed by atoms with Crippen LogP contribution in [0.3, 0.4) is 0 Å². The van der Waals surface area contributed by atoms with Gasteiger partial charge in [0.1, 0.15) is 0 Å². The average molecular weight is 346 g/mol. The van der Waals surface area contributed by atoms with Crippen molar-refractivity contribution in [3.8, 4) is 0 Å². The van der Waals surface area contributed by atoms with Crippen molar-refractivity contribution in [1.29, 1.82) is 0 Å². The van der Waals surface area contributed by atoms with Crippen molar-refractivity contribution in [2.75, 3.05) is 59.0 Å². The number of rotatable bonds is 3. The first kappa shape index (κ1) is 17.1. The van der Waals surface area contributed by atoms with Gasteiger partial charge in [0.15, 0.2) is 0 Å². The van der Waals surface area contributed by atoms with Crippen LogP contribution in [0.25, 0.3) is 0 Å². The van der Waals surface area contributed by atoms with E-state index in [9.17, 15) is 13.2 Å². The third-order valence-electron chi connectivity index (χ3n) is 4.78. The number of morpholine rings is 1. The van der Waals surface area contributed by atoms with Gasteiger partial charge in [0.2, 0.25) is 5.91 Å². The van der Waals surface area contributed by atoms with Crippen LogP contribution in [0.5, 0.6) is 0 Å². The molecule has 0 aliphatic carbocycles. The molecule has 0 saturated carbocycles. The van der Waals surface area contributed by atoms with Gasteiger partial charge in [-0.15, -0.1) is 0 Å². The minimum Gasteiger partial charge on any atom is -0.379 e. The Labute approximate surface area is 137 Å². The van der Waals surface area contributed by atoms with Crippen molar-refractivity contribution in [1.82, 2.24) is 18.8 Å². The van der Waals surface area contributed by atoms with E-state index in [1.54, 1.807) is 4.90 Å². The van der Waals surface area contributed by atoms with Crippen molar-refractivity contribution in [2.24, 2.45) is 0 Å². The van der Waals surface area contributed by atoms with Crippen LogP contribution >= 0.6 is 0 Å². The molecule has 8 nitrogen and oxygen atoms in total. The molecule has 1 atom stereocenters. The van der Waals surface area contributed by atoms with E-state index in [1.807, 2.05) is 0 Å². The Morgan fingerprint density at radius 3 is 2.22 bits per heavy atom. The monoisotopic (exact) mass is 346 g/mol. The highest BCUT2D eigenvalue weighted by Gasteiger charge is 2.35. The molecule has 1 amide bonds. The molecule has 0 aromatic rings. The summed E-state index contributed by atoms with van der Waals surface area (Å²) in [7, 11) is -3.43. The molecule has 0 radical (unpaired) electrons. The van der Waals surface area contributed by atoms with E-state index in [-0.39, 0.29) is 11.9 Å². The molecule has 132 valence electrons. The zero-order valence-corrected chi connectivity index (χ0v) is 14.3. The molecule has 3 heterocycles. The van der Waals surface area contributed by atoms with Gasteiger partial charge in [-0.05, 0) is 19.4 Å². The highest BCUT2D eigenvalue weighted by Crippen LogP contribution is 2.16. The Morgan fingerprint density at radius 1 is 0.957 bits per heavy atom. The van der Waals surface area contributed by atoms with Gasteiger partial charge in [0, 0.05) is 39.3 Å². The quantitative estimate of drug-likeness (QED) is 0.698. The van der Waals surface area contributed by atoms with E-state index in [0.717, 1.165) is 25.8 Å². The summed E-state index contributed by atoms with van der Waals surface area (Å²) in [5, 5.41) is 3.26. The topological polar surface area (TPSA) is 82.2 Å². The van der Waals surface area contributed by atoms with Crippen molar-refractivity contribution >= 4 is 16.1 Å². The molecule has 3 saturated heterocycles. The maximum Gasteiger partial charge on any atom is 0.282 e. The molecule has 3 rings (SSSR count). The number of hydrogen-bond acceptors (Lipinski definition) is 5. The highest BCUT2D eigenvalue weighted by molar-refractivity contribution is 7.86. The molecule has 0 bridgehead atoms. The van der Waals surface area contributed by atoms with Gasteiger partial charge in [-0.3, -0.25) is 4.79 Å². The molecular weight excluding hydrogens is 320 g/mol. The summed E-state index contributed by atoms with van der Waals surface area (Å²) in [6, 6.07) is -0.0915. The largest absolute Gasteiger partial charge is 0.379 e. The van der Waals surface area contributed by atoms with Gasteiger partial charge >= 0.3 is 0 Å². The van der Waals surface area contributed by atoms with E-state index in [2.05, 4.69) is 5.32 Å². The Morgan fingerprint density at radius 2 is 1.61 bits per heavy atom. The van der Waals surface area contributed by atoms with Crippen molar-refractivity contribution in [2.45, 2.75) is 25.3 Å². The molecule has 3 fully saturated rings. The zero-order valence-electron chi connectivity index (χ0n) is 13.4. The first-order valence-electron chi connectivity index (χ1n) is 8.44. The van der Waals surface area contributed by atoms with Crippen LogP contribution in [0, 0.1) is 0 Å². The molecular formula is C14H26N4O4S. The molecule has 1 unspecified atom stereocenters. The van der Waals surface area contributed by atoms with Crippen LogP contribution in [-0.4, -0.2) is 92.9 Å². The Kier molecular flexibility index (Phi) is 5.53. The fourth-order valence-corrected chi connectivity index (χ4v) is 4.92. The van der Waals surface area contributed by atoms with Crippen molar-refractivity contribution < 1.29 is 17.9 Å². The molecule has 1 N–H and O–H groups in total. The second-order valence-electron chi connectivity index (χ2n) is 6.25. The van der Waals surface area contributed by atoms with E-state index < -0.39 is 10.2 Å². The lowest BCUT2D eigenvalue weighted by molar-refractivity contribution is -0.135. The Bertz CT molecular complexity index is 507. The number of hydrogen-bond donors (Lipinski definition) is 1. The third-order valence-corrected chi connectivity index (χ3v) is 6.82. The summed E-state index contributed by atoms with van der Waals surface area (Å²) in [6.07, 6.45) is 3.08. The van der Waals surface area contributed by atoms with E-state index >= 15 is 0 Å². The summed E-state index contributed by atoms with van der Waals surface area (Å²) < 4.78 is 33.4. The SMILES string of the molecule is O=C(C1CCCCN1)N1CCN(S(=O)(=O)N2CCOCC2)CC1. The number of carbonyl (C=O) groups excluding carboxylic acids is 1. The first-order valence-corrected chi connectivity index (χ1v) is 9.84. The van der Waals surface area contributed by atoms with Crippen LogP contribution in [-0.2, 0) is 19.7 Å². The molecule has 0 spiro atoms. The van der Waals surface area contributed by atoms with Gasteiger partial charge in [-0.2, -0.15) is 17.0 Å². The number of nitrogens with zero attached hydrogens (tertiary/aromatic N) is 3. The lowest BCUT2D eigenvalue weighted by Gasteiger charge is -2.39. The normalized spacial score (nSPS) is 28.7. The van der Waals surface area contributed by atoms with Crippen molar-refractivity contribution in [3.05, 3.63) is 0 Å². The van der Waals surface area contributed by atoms with Gasteiger partial charge in [0.05, 0.1) is 19.3 Å². The smallest absolute Gasteiger partial charge is 0.282 e. The van der Waals surface area contributed by atoms with Gasteiger partial charge in [-0.1, -0.05) is 6.42 Å². The van der Waals surface area contributed by atoms with E-state index in [1.165, 1.54) is 8.61 Å². The number of piperidine rings is 1. The third kappa shape index (κ3) is 3.85. The fourth-order valence-electron chi connectivity index (χ4n) is 3.36. The molecule has 9 heteroatoms. The summed E-state index contributed by atoms with van der Waals surface area (Å²) in [5.74, 6) is 0.119. The number of piperazine rings is 1. The van der Waals surface area contributed by atoms with Gasteiger partial charge in [-0.25, -0.2) is 0 Å². The standard InChI is InChI=1S/C14H26N4O4S/c19-14(13-3-1-2-4-15-13)16-5-7-17(8-6-16)23(20,21)18-9-11-22-12-10-18/h13,15H,1-12H2. The lowest BCUT2D eigenvalue weighted by Crippen LogP contribution is -2.58. The van der Waals surface area contributed by atoms with E-state index in [4.69, 9.17) is 4.74 Å². The zero-order chi connectivity index (χ0) is 16.3. The number of ether oxygens (including phenoxy) is 1. The summed E-state index contributed by atoms with van der Waals surface area (Å²) >= 11 is 0. The molecule has 3 aliphatic rings. The van der Waals surface area contributed by atoms with Crippen LogP contribution in [0.2, 0.25) is 0 Å². The van der Waals surface area contributed by atoms with Crippen molar-refractivity contribution in [3.63, 3.8) is 0 Å². The minimum absolute atomic E-state index is 0.0915. The minimum atomic E-state index is -3.43. The van der Waals surface area contributed by atoms with E-state index in [0.29, 0.717) is 52.5 Å². The van der Waals surface area contributed by atoms with Crippen LogP contribution in [0.1, 0.15) is 19.3 Å². The molecule has 0 aromatic heterocycles. The lowest BCUT2D eigenvalue weighted by atomic mass is 10.0. The second kappa shape index (κ2) is 7.43. The number of carbonyl (C=O) groups is 1. The van der Waals surface area contributed by atoms with Crippen LogP contribution < -0.4 is 5.32 Å². The maximum absolute atomic E-state index is 12.6. The maximum atomic E-state index is 12.6. The second-order valence-corrected chi connectivity index (χ2v) is 8.17. The molecule has 0 aromatic carbocycles. The predicted octanol–water partition coefficient (Wildman–Crippen LogP) is -1.15. The fraction of sp³-hybridized carbons (Fsp3) is 0.929. The predicted molar refractivity (Wildman–Crippen MR) is 85.1 cm³/mol. The van der Waals surface area contributed by atoms with Crippen LogP contribution in [0.4, 0.5) is 0 Å².